The molecule has 3 heterocycles. The maximum atomic E-state index is 5.89. The van der Waals surface area contributed by atoms with Gasteiger partial charge >= 0.3 is 0 Å². The summed E-state index contributed by atoms with van der Waals surface area (Å²) in [6.45, 7) is 2.57. The Morgan fingerprint density at radius 3 is 2.72 bits per heavy atom. The van der Waals surface area contributed by atoms with Gasteiger partial charge in [-0.3, -0.25) is 0 Å². The van der Waals surface area contributed by atoms with Gasteiger partial charge in [0.1, 0.15) is 11.6 Å². The monoisotopic (exact) mass is 350 g/mol. The van der Waals surface area contributed by atoms with E-state index in [9.17, 15) is 0 Å². The first-order chi connectivity index (χ1) is 12.3. The number of hydrogen-bond donors (Lipinski definition) is 1. The Morgan fingerprint density at radius 1 is 1.00 bits per heavy atom. The van der Waals surface area contributed by atoms with E-state index in [2.05, 4.69) is 50.5 Å². The summed E-state index contributed by atoms with van der Waals surface area (Å²) < 4.78 is 0. The van der Waals surface area contributed by atoms with E-state index in [1.54, 1.807) is 6.20 Å². The predicted molar refractivity (Wildman–Crippen MR) is 102 cm³/mol. The molecule has 3 aromatic rings. The number of pyridine rings is 2. The molecule has 2 aromatic heterocycles. The molecule has 0 bridgehead atoms. The van der Waals surface area contributed by atoms with Crippen molar-refractivity contribution in [3.8, 4) is 0 Å². The van der Waals surface area contributed by atoms with Crippen molar-refractivity contribution >= 4 is 23.2 Å². The highest BCUT2D eigenvalue weighted by Crippen LogP contribution is 2.26. The first-order valence-electron chi connectivity index (χ1n) is 8.40. The number of hydrogen-bond acceptors (Lipinski definition) is 4. The number of fused-ring (bicyclic) bond motifs is 1. The van der Waals surface area contributed by atoms with Crippen LogP contribution in [-0.4, -0.2) is 16.5 Å². The van der Waals surface area contributed by atoms with E-state index in [1.807, 2.05) is 24.4 Å². The molecule has 126 valence electrons. The number of halogens is 1. The molecule has 0 unspecified atom stereocenters. The molecule has 0 saturated heterocycles. The van der Waals surface area contributed by atoms with E-state index >= 15 is 0 Å². The summed E-state index contributed by atoms with van der Waals surface area (Å²) in [7, 11) is 0. The first-order valence-corrected chi connectivity index (χ1v) is 8.78. The van der Waals surface area contributed by atoms with Crippen LogP contribution in [-0.2, 0) is 19.5 Å². The molecular weight excluding hydrogens is 332 g/mol. The summed E-state index contributed by atoms with van der Waals surface area (Å²) in [5.74, 6) is 1.85. The molecule has 1 aromatic carbocycles. The molecular formula is C20H19ClN4. The highest BCUT2D eigenvalue weighted by molar-refractivity contribution is 6.30. The van der Waals surface area contributed by atoms with Crippen molar-refractivity contribution in [2.24, 2.45) is 0 Å². The van der Waals surface area contributed by atoms with E-state index < -0.39 is 0 Å². The van der Waals surface area contributed by atoms with Gasteiger partial charge in [-0.2, -0.15) is 0 Å². The average molecular weight is 351 g/mol. The standard InChI is InChI=1S/C20H19ClN4/c21-18-7-8-19(24-13-18)23-12-16-6-3-10-22-20(16)25-11-9-15-4-1-2-5-17(15)14-25/h1-8,10,13H,9,11-12,14H2,(H,23,24). The molecule has 1 aliphatic heterocycles. The number of nitrogens with one attached hydrogen (secondary N) is 1. The fraction of sp³-hybridized carbons (Fsp3) is 0.200. The number of anilines is 2. The Hall–Kier alpha value is -2.59. The fourth-order valence-electron chi connectivity index (χ4n) is 3.20. The number of rotatable bonds is 4. The molecule has 0 radical (unpaired) electrons. The average Bonchev–Trinajstić information content (AvgIpc) is 2.67. The van der Waals surface area contributed by atoms with Gasteiger partial charge in [0.15, 0.2) is 0 Å². The first kappa shape index (κ1) is 15.9. The SMILES string of the molecule is Clc1ccc(NCc2cccnc2N2CCc3ccccc3C2)nc1. The number of benzene rings is 1. The highest BCUT2D eigenvalue weighted by Gasteiger charge is 2.19. The quantitative estimate of drug-likeness (QED) is 0.761. The lowest BCUT2D eigenvalue weighted by atomic mass is 9.99. The summed E-state index contributed by atoms with van der Waals surface area (Å²) in [5, 5.41) is 3.99. The zero-order valence-corrected chi connectivity index (χ0v) is 14.6. The van der Waals surface area contributed by atoms with Crippen LogP contribution in [0.1, 0.15) is 16.7 Å². The summed E-state index contributed by atoms with van der Waals surface area (Å²) in [5.41, 5.74) is 4.00. The molecule has 1 aliphatic rings. The van der Waals surface area contributed by atoms with Gasteiger partial charge in [-0.15, -0.1) is 0 Å². The Morgan fingerprint density at radius 2 is 1.88 bits per heavy atom. The van der Waals surface area contributed by atoms with Crippen LogP contribution < -0.4 is 10.2 Å². The second-order valence-electron chi connectivity index (χ2n) is 6.14. The minimum absolute atomic E-state index is 0.639. The molecule has 0 saturated carbocycles. The van der Waals surface area contributed by atoms with Gasteiger partial charge in [-0.25, -0.2) is 9.97 Å². The van der Waals surface area contributed by atoms with Crippen LogP contribution in [0.4, 0.5) is 11.6 Å². The molecule has 4 rings (SSSR count). The normalized spacial score (nSPS) is 13.4. The lowest BCUT2D eigenvalue weighted by Crippen LogP contribution is -2.32. The van der Waals surface area contributed by atoms with Crippen LogP contribution in [0.2, 0.25) is 5.02 Å². The van der Waals surface area contributed by atoms with Gasteiger partial charge in [0, 0.05) is 37.6 Å². The molecule has 1 N–H and O–H groups in total. The largest absolute Gasteiger partial charge is 0.366 e. The van der Waals surface area contributed by atoms with E-state index in [0.717, 1.165) is 31.1 Å². The van der Waals surface area contributed by atoms with Crippen molar-refractivity contribution in [3.63, 3.8) is 0 Å². The van der Waals surface area contributed by atoms with E-state index in [4.69, 9.17) is 11.6 Å². The fourth-order valence-corrected chi connectivity index (χ4v) is 3.31. The van der Waals surface area contributed by atoms with Gasteiger partial charge in [0.2, 0.25) is 0 Å². The third kappa shape index (κ3) is 3.59. The van der Waals surface area contributed by atoms with Gasteiger partial charge in [-0.05, 0) is 35.7 Å². The Kier molecular flexibility index (Phi) is 4.53. The maximum absolute atomic E-state index is 5.89. The van der Waals surface area contributed by atoms with E-state index in [-0.39, 0.29) is 0 Å². The Balaban J connectivity index is 1.52. The van der Waals surface area contributed by atoms with Crippen molar-refractivity contribution in [2.75, 3.05) is 16.8 Å². The van der Waals surface area contributed by atoms with Crippen LogP contribution in [0.3, 0.4) is 0 Å². The highest BCUT2D eigenvalue weighted by atomic mass is 35.5. The molecule has 0 amide bonds. The Labute approximate surface area is 152 Å². The topological polar surface area (TPSA) is 41.1 Å². The zero-order chi connectivity index (χ0) is 17.1. The van der Waals surface area contributed by atoms with E-state index in [1.165, 1.54) is 16.7 Å². The van der Waals surface area contributed by atoms with Crippen molar-refractivity contribution in [1.29, 1.82) is 0 Å². The van der Waals surface area contributed by atoms with Crippen LogP contribution in [0.25, 0.3) is 0 Å². The maximum Gasteiger partial charge on any atom is 0.133 e. The molecule has 0 spiro atoms. The summed E-state index contributed by atoms with van der Waals surface area (Å²) in [4.78, 5) is 11.3. The summed E-state index contributed by atoms with van der Waals surface area (Å²) in [6.07, 6.45) is 4.56. The van der Waals surface area contributed by atoms with Gasteiger partial charge < -0.3 is 10.2 Å². The minimum atomic E-state index is 0.639. The van der Waals surface area contributed by atoms with E-state index in [0.29, 0.717) is 11.6 Å². The molecule has 25 heavy (non-hydrogen) atoms. The lowest BCUT2D eigenvalue weighted by molar-refractivity contribution is 0.716. The molecule has 0 fully saturated rings. The summed E-state index contributed by atoms with van der Waals surface area (Å²) >= 11 is 5.89. The van der Waals surface area contributed by atoms with Crippen LogP contribution in [0, 0.1) is 0 Å². The lowest BCUT2D eigenvalue weighted by Gasteiger charge is -2.31. The van der Waals surface area contributed by atoms with Crippen LogP contribution in [0.15, 0.2) is 60.9 Å². The van der Waals surface area contributed by atoms with Crippen molar-refractivity contribution in [2.45, 2.75) is 19.5 Å². The molecule has 0 atom stereocenters. The van der Waals surface area contributed by atoms with Crippen LogP contribution >= 0.6 is 11.6 Å². The third-order valence-corrected chi connectivity index (χ3v) is 4.71. The third-order valence-electron chi connectivity index (χ3n) is 4.49. The zero-order valence-electron chi connectivity index (χ0n) is 13.8. The van der Waals surface area contributed by atoms with Crippen molar-refractivity contribution < 1.29 is 0 Å². The van der Waals surface area contributed by atoms with Gasteiger partial charge in [0.05, 0.1) is 5.02 Å². The summed E-state index contributed by atoms with van der Waals surface area (Å²) in [6, 6.07) is 16.5. The molecule has 5 heteroatoms. The second-order valence-corrected chi connectivity index (χ2v) is 6.58. The molecule has 0 aliphatic carbocycles. The van der Waals surface area contributed by atoms with Crippen LogP contribution in [0.5, 0.6) is 0 Å². The second kappa shape index (κ2) is 7.11. The van der Waals surface area contributed by atoms with Gasteiger partial charge in [0.25, 0.3) is 0 Å². The predicted octanol–water partition coefficient (Wildman–Crippen LogP) is 4.30. The minimum Gasteiger partial charge on any atom is -0.366 e. The van der Waals surface area contributed by atoms with Crippen molar-refractivity contribution in [1.82, 2.24) is 9.97 Å². The number of nitrogens with zero attached hydrogens (tertiary/aromatic N) is 3. The Bertz CT molecular complexity index is 864. The van der Waals surface area contributed by atoms with Gasteiger partial charge in [-0.1, -0.05) is 41.9 Å². The smallest absolute Gasteiger partial charge is 0.133 e. The number of aromatic nitrogens is 2. The molecule has 4 nitrogen and oxygen atoms in total. The van der Waals surface area contributed by atoms with Crippen molar-refractivity contribution in [3.05, 3.63) is 82.6 Å².